The Bertz CT molecular complexity index is 357. The van der Waals surface area contributed by atoms with Gasteiger partial charge in [0.05, 0.1) is 5.69 Å². The van der Waals surface area contributed by atoms with Crippen LogP contribution in [0, 0.1) is 6.92 Å². The van der Waals surface area contributed by atoms with Gasteiger partial charge in [-0.25, -0.2) is 4.99 Å². The van der Waals surface area contributed by atoms with Gasteiger partial charge in [0, 0.05) is 9.79 Å². The third kappa shape index (κ3) is 2.32. The summed E-state index contributed by atoms with van der Waals surface area (Å²) in [6, 6.07) is 3.61. The first-order valence-corrected chi connectivity index (χ1v) is 4.53. The quantitative estimate of drug-likeness (QED) is 0.324. The molecular formula is C8H11N3S2. The summed E-state index contributed by atoms with van der Waals surface area (Å²) in [5.41, 5.74) is 12.2. The number of thiol groups is 2. The highest BCUT2D eigenvalue weighted by molar-refractivity contribution is 7.83. The Labute approximate surface area is 88.0 Å². The topological polar surface area (TPSA) is 64.4 Å². The minimum absolute atomic E-state index is 0.0442. The number of aliphatic imine (C=N–C) groups is 1. The number of nitrogens with two attached hydrogens (primary N) is 2. The second-order valence-electron chi connectivity index (χ2n) is 2.61. The van der Waals surface area contributed by atoms with Crippen LogP contribution in [0.25, 0.3) is 0 Å². The molecule has 0 unspecified atom stereocenters. The highest BCUT2D eigenvalue weighted by atomic mass is 32.1. The van der Waals surface area contributed by atoms with Crippen molar-refractivity contribution in [3.05, 3.63) is 17.7 Å². The van der Waals surface area contributed by atoms with Crippen molar-refractivity contribution >= 4 is 36.9 Å². The predicted octanol–water partition coefficient (Wildman–Crippen LogP) is 1.48. The molecule has 0 amide bonds. The standard InChI is InChI=1S/C8H11N3S2/c1-4-5(11-8(9)10)2-3-6(12)7(4)13/h2-3,12-13H,1H3,(H4,9,10,11). The second kappa shape index (κ2) is 3.93. The van der Waals surface area contributed by atoms with Crippen molar-refractivity contribution in [3.63, 3.8) is 0 Å². The first-order chi connectivity index (χ1) is 6.02. The fourth-order valence-electron chi connectivity index (χ4n) is 0.935. The molecule has 0 aliphatic rings. The molecule has 1 aromatic rings. The summed E-state index contributed by atoms with van der Waals surface area (Å²) in [5, 5.41) is 0. The van der Waals surface area contributed by atoms with Crippen LogP contribution in [0.15, 0.2) is 26.9 Å². The molecule has 0 aromatic heterocycles. The maximum Gasteiger partial charge on any atom is 0.191 e. The van der Waals surface area contributed by atoms with Crippen molar-refractivity contribution in [2.75, 3.05) is 0 Å². The van der Waals surface area contributed by atoms with Crippen LogP contribution in [-0.2, 0) is 0 Å². The molecule has 0 saturated heterocycles. The Balaban J connectivity index is 3.26. The van der Waals surface area contributed by atoms with Gasteiger partial charge in [-0.2, -0.15) is 0 Å². The van der Waals surface area contributed by atoms with Crippen LogP contribution < -0.4 is 11.5 Å². The van der Waals surface area contributed by atoms with E-state index in [2.05, 4.69) is 30.2 Å². The monoisotopic (exact) mass is 213 g/mol. The first-order valence-electron chi connectivity index (χ1n) is 3.63. The number of hydrogen-bond donors (Lipinski definition) is 4. The van der Waals surface area contributed by atoms with Gasteiger partial charge in [-0.15, -0.1) is 25.3 Å². The lowest BCUT2D eigenvalue weighted by Crippen LogP contribution is -2.22. The van der Waals surface area contributed by atoms with Crippen LogP contribution >= 0.6 is 25.3 Å². The summed E-state index contributed by atoms with van der Waals surface area (Å²) in [5.74, 6) is 0.0442. The Hall–Kier alpha value is -0.810. The van der Waals surface area contributed by atoms with Crippen molar-refractivity contribution in [2.45, 2.75) is 16.7 Å². The molecule has 1 rings (SSSR count). The summed E-state index contributed by atoms with van der Waals surface area (Å²) >= 11 is 8.49. The summed E-state index contributed by atoms with van der Waals surface area (Å²) in [6.07, 6.45) is 0. The van der Waals surface area contributed by atoms with Crippen LogP contribution in [0.1, 0.15) is 5.56 Å². The van der Waals surface area contributed by atoms with Gasteiger partial charge in [0.2, 0.25) is 0 Å². The van der Waals surface area contributed by atoms with Gasteiger partial charge in [0.25, 0.3) is 0 Å². The Morgan fingerprint density at radius 2 is 1.92 bits per heavy atom. The van der Waals surface area contributed by atoms with Crippen LogP contribution in [0.5, 0.6) is 0 Å². The van der Waals surface area contributed by atoms with Gasteiger partial charge in [-0.05, 0) is 24.6 Å². The molecule has 0 heterocycles. The van der Waals surface area contributed by atoms with Gasteiger partial charge in [0.1, 0.15) is 0 Å². The molecule has 13 heavy (non-hydrogen) atoms. The molecule has 0 bridgehead atoms. The van der Waals surface area contributed by atoms with Crippen LogP contribution in [0.3, 0.4) is 0 Å². The van der Waals surface area contributed by atoms with E-state index < -0.39 is 0 Å². The maximum absolute atomic E-state index is 5.27. The van der Waals surface area contributed by atoms with Crippen molar-refractivity contribution < 1.29 is 0 Å². The SMILES string of the molecule is Cc1c(N=C(N)N)ccc(S)c1S. The molecule has 0 atom stereocenters. The molecule has 0 saturated carbocycles. The highest BCUT2D eigenvalue weighted by Gasteiger charge is 2.03. The number of guanidine groups is 1. The molecule has 0 radical (unpaired) electrons. The maximum atomic E-state index is 5.27. The first kappa shape index (κ1) is 10.3. The lowest BCUT2D eigenvalue weighted by Gasteiger charge is -2.05. The number of hydrogen-bond acceptors (Lipinski definition) is 3. The van der Waals surface area contributed by atoms with Gasteiger partial charge < -0.3 is 11.5 Å². The lowest BCUT2D eigenvalue weighted by molar-refractivity contribution is 1.17. The largest absolute Gasteiger partial charge is 0.370 e. The van der Waals surface area contributed by atoms with E-state index in [-0.39, 0.29) is 5.96 Å². The molecule has 0 aliphatic carbocycles. The van der Waals surface area contributed by atoms with Gasteiger partial charge in [0.15, 0.2) is 5.96 Å². The van der Waals surface area contributed by atoms with Crippen LogP contribution in [-0.4, -0.2) is 5.96 Å². The predicted molar refractivity (Wildman–Crippen MR) is 61.2 cm³/mol. The van der Waals surface area contributed by atoms with E-state index >= 15 is 0 Å². The van der Waals surface area contributed by atoms with Crippen LogP contribution in [0.4, 0.5) is 5.69 Å². The molecule has 0 aliphatic heterocycles. The van der Waals surface area contributed by atoms with E-state index in [1.807, 2.05) is 6.92 Å². The van der Waals surface area contributed by atoms with Crippen molar-refractivity contribution in [1.82, 2.24) is 0 Å². The minimum Gasteiger partial charge on any atom is -0.370 e. The number of benzene rings is 1. The van der Waals surface area contributed by atoms with Crippen molar-refractivity contribution in [3.8, 4) is 0 Å². The average Bonchev–Trinajstić information content (AvgIpc) is 2.06. The lowest BCUT2D eigenvalue weighted by atomic mass is 10.2. The fourth-order valence-corrected chi connectivity index (χ4v) is 1.37. The average molecular weight is 213 g/mol. The second-order valence-corrected chi connectivity index (χ2v) is 3.54. The molecular weight excluding hydrogens is 202 g/mol. The van der Waals surface area contributed by atoms with E-state index in [0.29, 0.717) is 0 Å². The van der Waals surface area contributed by atoms with E-state index in [4.69, 9.17) is 11.5 Å². The fraction of sp³-hybridized carbons (Fsp3) is 0.125. The highest BCUT2D eigenvalue weighted by Crippen LogP contribution is 2.29. The molecule has 5 heteroatoms. The van der Waals surface area contributed by atoms with Crippen LogP contribution in [0.2, 0.25) is 0 Å². The van der Waals surface area contributed by atoms with Crippen molar-refractivity contribution in [2.24, 2.45) is 16.5 Å². The zero-order valence-electron chi connectivity index (χ0n) is 7.15. The molecule has 0 spiro atoms. The number of rotatable bonds is 1. The molecule has 1 aromatic carbocycles. The summed E-state index contributed by atoms with van der Waals surface area (Å²) in [7, 11) is 0. The zero-order chi connectivity index (χ0) is 10.0. The third-order valence-corrected chi connectivity index (χ3v) is 2.76. The summed E-state index contributed by atoms with van der Waals surface area (Å²) in [4.78, 5) is 5.56. The molecule has 0 fully saturated rings. The van der Waals surface area contributed by atoms with Crippen molar-refractivity contribution in [1.29, 1.82) is 0 Å². The Morgan fingerprint density at radius 1 is 1.31 bits per heavy atom. The molecule has 4 N–H and O–H groups in total. The van der Waals surface area contributed by atoms with Gasteiger partial charge in [-0.1, -0.05) is 0 Å². The third-order valence-electron chi connectivity index (χ3n) is 1.63. The normalized spacial score (nSPS) is 9.77. The Kier molecular flexibility index (Phi) is 3.11. The van der Waals surface area contributed by atoms with E-state index in [1.54, 1.807) is 12.1 Å². The Morgan fingerprint density at radius 3 is 2.46 bits per heavy atom. The molecule has 3 nitrogen and oxygen atoms in total. The smallest absolute Gasteiger partial charge is 0.191 e. The van der Waals surface area contributed by atoms with Gasteiger partial charge in [-0.3, -0.25) is 0 Å². The van der Waals surface area contributed by atoms with E-state index in [1.165, 1.54) is 0 Å². The summed E-state index contributed by atoms with van der Waals surface area (Å²) < 4.78 is 0. The molecule has 70 valence electrons. The summed E-state index contributed by atoms with van der Waals surface area (Å²) in [6.45, 7) is 1.89. The zero-order valence-corrected chi connectivity index (χ0v) is 8.94. The number of nitrogens with zero attached hydrogens (tertiary/aromatic N) is 1. The minimum atomic E-state index is 0.0442. The van der Waals surface area contributed by atoms with Gasteiger partial charge >= 0.3 is 0 Å². The van der Waals surface area contributed by atoms with E-state index in [9.17, 15) is 0 Å². The van der Waals surface area contributed by atoms with E-state index in [0.717, 1.165) is 21.0 Å².